The van der Waals surface area contributed by atoms with E-state index in [-0.39, 0.29) is 0 Å². The Morgan fingerprint density at radius 2 is 1.64 bits per heavy atom. The summed E-state index contributed by atoms with van der Waals surface area (Å²) in [7, 11) is 3.28. The zero-order valence-corrected chi connectivity index (χ0v) is 16.8. The van der Waals surface area contributed by atoms with Crippen molar-refractivity contribution in [2.45, 2.75) is 13.8 Å². The second-order valence-corrected chi connectivity index (χ2v) is 6.17. The Kier molecular flexibility index (Phi) is 6.32. The van der Waals surface area contributed by atoms with Crippen molar-refractivity contribution in [2.24, 2.45) is 0 Å². The van der Waals surface area contributed by atoms with Crippen molar-refractivity contribution in [2.75, 3.05) is 37.5 Å². The molecule has 0 unspecified atom stereocenters. The van der Waals surface area contributed by atoms with Gasteiger partial charge in [-0.3, -0.25) is 0 Å². The van der Waals surface area contributed by atoms with E-state index in [1.54, 1.807) is 14.2 Å². The molecule has 0 radical (unpaired) electrons. The molecule has 2 aromatic carbocycles. The highest BCUT2D eigenvalue weighted by molar-refractivity contribution is 5.71. The van der Waals surface area contributed by atoms with E-state index >= 15 is 0 Å². The third-order valence-electron chi connectivity index (χ3n) is 4.50. The molecule has 0 saturated carbocycles. The maximum atomic E-state index is 5.48. The van der Waals surface area contributed by atoms with Gasteiger partial charge in [0.25, 0.3) is 0 Å². The first-order valence-electron chi connectivity index (χ1n) is 9.37. The first-order valence-corrected chi connectivity index (χ1v) is 9.37. The number of aromatic nitrogens is 2. The van der Waals surface area contributed by atoms with Crippen LogP contribution in [0.1, 0.15) is 13.8 Å². The molecule has 0 atom stereocenters. The summed E-state index contributed by atoms with van der Waals surface area (Å²) in [4.78, 5) is 11.6. The van der Waals surface area contributed by atoms with Gasteiger partial charge in [0, 0.05) is 30.8 Å². The van der Waals surface area contributed by atoms with Crippen molar-refractivity contribution < 1.29 is 9.47 Å². The van der Waals surface area contributed by atoms with Gasteiger partial charge in [0.2, 0.25) is 5.95 Å². The Hall–Kier alpha value is -3.28. The summed E-state index contributed by atoms with van der Waals surface area (Å²) >= 11 is 0. The molecule has 0 amide bonds. The maximum Gasteiger partial charge on any atom is 0.227 e. The summed E-state index contributed by atoms with van der Waals surface area (Å²) in [6.07, 6.45) is 0. The molecular weight excluding hydrogens is 352 g/mol. The average molecular weight is 378 g/mol. The van der Waals surface area contributed by atoms with E-state index in [9.17, 15) is 0 Å². The Morgan fingerprint density at radius 3 is 2.29 bits per heavy atom. The lowest BCUT2D eigenvalue weighted by Gasteiger charge is -2.20. The molecule has 0 fully saturated rings. The number of hydrogen-bond donors (Lipinski definition) is 1. The van der Waals surface area contributed by atoms with Crippen LogP contribution < -0.4 is 19.7 Å². The molecule has 0 saturated heterocycles. The van der Waals surface area contributed by atoms with Crippen LogP contribution in [-0.2, 0) is 0 Å². The van der Waals surface area contributed by atoms with Crippen molar-refractivity contribution in [3.63, 3.8) is 0 Å². The number of nitrogens with zero attached hydrogens (tertiary/aromatic N) is 3. The molecule has 28 heavy (non-hydrogen) atoms. The van der Waals surface area contributed by atoms with E-state index in [1.807, 2.05) is 54.6 Å². The van der Waals surface area contributed by atoms with Crippen molar-refractivity contribution in [1.29, 1.82) is 0 Å². The SMILES string of the molecule is CCN(CC)c1nc(Nc2cc(OC)ccc2OC)cc(-c2ccccc2)n1. The summed E-state index contributed by atoms with van der Waals surface area (Å²) in [5, 5.41) is 3.37. The van der Waals surface area contributed by atoms with E-state index in [0.717, 1.165) is 35.8 Å². The van der Waals surface area contributed by atoms with Crippen LogP contribution in [-0.4, -0.2) is 37.3 Å². The lowest BCUT2D eigenvalue weighted by atomic mass is 10.1. The summed E-state index contributed by atoms with van der Waals surface area (Å²) in [6, 6.07) is 17.7. The van der Waals surface area contributed by atoms with Gasteiger partial charge in [0.15, 0.2) is 0 Å². The minimum absolute atomic E-state index is 0.690. The summed E-state index contributed by atoms with van der Waals surface area (Å²) in [5.41, 5.74) is 2.69. The highest BCUT2D eigenvalue weighted by Crippen LogP contribution is 2.32. The molecule has 0 aliphatic heterocycles. The van der Waals surface area contributed by atoms with E-state index in [1.165, 1.54) is 0 Å². The fourth-order valence-electron chi connectivity index (χ4n) is 2.95. The van der Waals surface area contributed by atoms with Gasteiger partial charge in [-0.05, 0) is 26.0 Å². The summed E-state index contributed by atoms with van der Waals surface area (Å²) < 4.78 is 10.8. The van der Waals surface area contributed by atoms with Crippen LogP contribution in [0.15, 0.2) is 54.6 Å². The van der Waals surface area contributed by atoms with Crippen LogP contribution in [0, 0.1) is 0 Å². The van der Waals surface area contributed by atoms with Gasteiger partial charge >= 0.3 is 0 Å². The van der Waals surface area contributed by atoms with Gasteiger partial charge in [-0.15, -0.1) is 0 Å². The molecular formula is C22H26N4O2. The highest BCUT2D eigenvalue weighted by Gasteiger charge is 2.13. The topological polar surface area (TPSA) is 59.5 Å². The Bertz CT molecular complexity index is 912. The average Bonchev–Trinajstić information content (AvgIpc) is 2.75. The van der Waals surface area contributed by atoms with Crippen molar-refractivity contribution >= 4 is 17.5 Å². The number of nitrogens with one attached hydrogen (secondary N) is 1. The zero-order valence-electron chi connectivity index (χ0n) is 16.8. The van der Waals surface area contributed by atoms with Crippen LogP contribution in [0.2, 0.25) is 0 Å². The number of anilines is 3. The first-order chi connectivity index (χ1) is 13.7. The molecule has 0 aliphatic carbocycles. The standard InChI is InChI=1S/C22H26N4O2/c1-5-26(6-2)22-24-18(16-10-8-7-9-11-16)15-21(25-22)23-19-14-17(27-3)12-13-20(19)28-4/h7-15H,5-6H2,1-4H3,(H,23,24,25). The molecule has 0 aliphatic rings. The largest absolute Gasteiger partial charge is 0.497 e. The molecule has 0 bridgehead atoms. The molecule has 1 heterocycles. The third-order valence-corrected chi connectivity index (χ3v) is 4.50. The number of ether oxygens (including phenoxy) is 2. The van der Waals surface area contributed by atoms with Crippen molar-refractivity contribution in [1.82, 2.24) is 9.97 Å². The first kappa shape index (κ1) is 19.5. The maximum absolute atomic E-state index is 5.48. The van der Waals surface area contributed by atoms with E-state index in [2.05, 4.69) is 24.1 Å². The molecule has 6 heteroatoms. The fraction of sp³-hybridized carbons (Fsp3) is 0.273. The predicted octanol–water partition coefficient (Wildman–Crippen LogP) is 4.75. The van der Waals surface area contributed by atoms with Crippen LogP contribution in [0.25, 0.3) is 11.3 Å². The quantitative estimate of drug-likeness (QED) is 0.610. The molecule has 146 valence electrons. The van der Waals surface area contributed by atoms with Crippen LogP contribution in [0.5, 0.6) is 11.5 Å². The third kappa shape index (κ3) is 4.34. The summed E-state index contributed by atoms with van der Waals surface area (Å²) in [5.74, 6) is 2.84. The second kappa shape index (κ2) is 9.08. The Balaban J connectivity index is 2.06. The predicted molar refractivity (Wildman–Crippen MR) is 114 cm³/mol. The lowest BCUT2D eigenvalue weighted by Crippen LogP contribution is -2.24. The minimum atomic E-state index is 0.690. The normalized spacial score (nSPS) is 10.4. The fourth-order valence-corrected chi connectivity index (χ4v) is 2.95. The van der Waals surface area contributed by atoms with Crippen LogP contribution >= 0.6 is 0 Å². The van der Waals surface area contributed by atoms with E-state index in [0.29, 0.717) is 17.5 Å². The zero-order chi connectivity index (χ0) is 19.9. The van der Waals surface area contributed by atoms with Crippen molar-refractivity contribution in [3.8, 4) is 22.8 Å². The Morgan fingerprint density at radius 1 is 0.893 bits per heavy atom. The van der Waals surface area contributed by atoms with Crippen molar-refractivity contribution in [3.05, 3.63) is 54.6 Å². The van der Waals surface area contributed by atoms with E-state index < -0.39 is 0 Å². The lowest BCUT2D eigenvalue weighted by molar-refractivity contribution is 0.405. The number of hydrogen-bond acceptors (Lipinski definition) is 6. The smallest absolute Gasteiger partial charge is 0.227 e. The Labute approximate surface area is 166 Å². The van der Waals surface area contributed by atoms with Gasteiger partial charge in [-0.25, -0.2) is 4.98 Å². The van der Waals surface area contributed by atoms with E-state index in [4.69, 9.17) is 19.4 Å². The number of benzene rings is 2. The van der Waals surface area contributed by atoms with Crippen LogP contribution in [0.3, 0.4) is 0 Å². The molecule has 1 N–H and O–H groups in total. The van der Waals surface area contributed by atoms with Gasteiger partial charge in [-0.2, -0.15) is 4.98 Å². The number of methoxy groups -OCH3 is 2. The molecule has 6 nitrogen and oxygen atoms in total. The van der Waals surface area contributed by atoms with Gasteiger partial charge < -0.3 is 19.7 Å². The molecule has 0 spiro atoms. The van der Waals surface area contributed by atoms with Gasteiger partial charge in [0.05, 0.1) is 25.6 Å². The molecule has 3 aromatic rings. The molecule has 1 aromatic heterocycles. The van der Waals surface area contributed by atoms with Crippen LogP contribution in [0.4, 0.5) is 17.5 Å². The van der Waals surface area contributed by atoms with Gasteiger partial charge in [0.1, 0.15) is 17.3 Å². The number of rotatable bonds is 8. The van der Waals surface area contributed by atoms with Gasteiger partial charge in [-0.1, -0.05) is 30.3 Å². The molecule has 3 rings (SSSR count). The highest BCUT2D eigenvalue weighted by atomic mass is 16.5. The minimum Gasteiger partial charge on any atom is -0.497 e. The summed E-state index contributed by atoms with van der Waals surface area (Å²) in [6.45, 7) is 5.85. The second-order valence-electron chi connectivity index (χ2n) is 6.17. The monoisotopic (exact) mass is 378 g/mol.